The molecule has 0 saturated carbocycles. The topological polar surface area (TPSA) is 44.8 Å². The van der Waals surface area contributed by atoms with Gasteiger partial charge >= 0.3 is 0 Å². The second kappa shape index (κ2) is 7.53. The van der Waals surface area contributed by atoms with Crippen LogP contribution < -0.4 is 10.2 Å². The quantitative estimate of drug-likeness (QED) is 0.912. The van der Waals surface area contributed by atoms with Gasteiger partial charge < -0.3 is 19.9 Å². The summed E-state index contributed by atoms with van der Waals surface area (Å²) in [6.45, 7) is 8.30. The van der Waals surface area contributed by atoms with Gasteiger partial charge in [0.2, 0.25) is 5.91 Å². The molecule has 1 aromatic carbocycles. The fourth-order valence-corrected chi connectivity index (χ4v) is 3.58. The third kappa shape index (κ3) is 3.90. The Morgan fingerprint density at radius 3 is 2.71 bits per heavy atom. The van der Waals surface area contributed by atoms with E-state index in [0.717, 1.165) is 32.5 Å². The normalized spacial score (nSPS) is 23.0. The molecule has 24 heavy (non-hydrogen) atoms. The fraction of sp³-hybridized carbons (Fsp3) is 0.632. The smallest absolute Gasteiger partial charge is 0.248 e. The second-order valence-electron chi connectivity index (χ2n) is 7.10. The lowest BCUT2D eigenvalue weighted by molar-refractivity contribution is -0.146. The molecule has 1 unspecified atom stereocenters. The molecule has 2 heterocycles. The third-order valence-electron chi connectivity index (χ3n) is 5.39. The molecule has 3 rings (SSSR count). The summed E-state index contributed by atoms with van der Waals surface area (Å²) in [6, 6.07) is 7.11. The molecule has 5 heteroatoms. The maximum absolute atomic E-state index is 11.4. The number of anilines is 1. The monoisotopic (exact) mass is 331 g/mol. The van der Waals surface area contributed by atoms with Crippen LogP contribution in [0.15, 0.2) is 18.2 Å². The van der Waals surface area contributed by atoms with Crippen LogP contribution in [-0.2, 0) is 9.53 Å². The van der Waals surface area contributed by atoms with Crippen LogP contribution in [-0.4, -0.2) is 62.8 Å². The highest BCUT2D eigenvalue weighted by atomic mass is 16.5. The molecule has 1 amide bonds. The highest BCUT2D eigenvalue weighted by Crippen LogP contribution is 2.25. The van der Waals surface area contributed by atoms with Crippen molar-refractivity contribution in [2.24, 2.45) is 0 Å². The number of rotatable bonds is 4. The SMILES string of the molecule is Cc1cccc(N2CCC(NCC3CN(C)C(=O)CO3)CC2)c1C. The zero-order chi connectivity index (χ0) is 17.1. The van der Waals surface area contributed by atoms with Crippen molar-refractivity contribution in [3.05, 3.63) is 29.3 Å². The minimum atomic E-state index is 0.0769. The number of amides is 1. The molecule has 2 aliphatic rings. The first-order valence-electron chi connectivity index (χ1n) is 8.94. The number of likely N-dealkylation sites (N-methyl/N-ethyl adjacent to an activating group) is 1. The van der Waals surface area contributed by atoms with Gasteiger partial charge in [-0.3, -0.25) is 4.79 Å². The highest BCUT2D eigenvalue weighted by Gasteiger charge is 2.25. The maximum atomic E-state index is 11.4. The number of morpholine rings is 1. The van der Waals surface area contributed by atoms with Gasteiger partial charge in [0.1, 0.15) is 6.61 Å². The first kappa shape index (κ1) is 17.2. The Kier molecular flexibility index (Phi) is 5.41. The van der Waals surface area contributed by atoms with Crippen molar-refractivity contribution < 1.29 is 9.53 Å². The average Bonchev–Trinajstić information content (AvgIpc) is 2.59. The number of hydrogen-bond donors (Lipinski definition) is 1. The molecule has 2 saturated heterocycles. The summed E-state index contributed by atoms with van der Waals surface area (Å²) >= 11 is 0. The van der Waals surface area contributed by atoms with E-state index in [2.05, 4.69) is 42.3 Å². The molecule has 0 aromatic heterocycles. The number of carbonyl (C=O) groups excluding carboxylic acids is 1. The van der Waals surface area contributed by atoms with Gasteiger partial charge in [-0.05, 0) is 43.9 Å². The molecule has 0 bridgehead atoms. The number of benzene rings is 1. The zero-order valence-corrected chi connectivity index (χ0v) is 15.0. The van der Waals surface area contributed by atoms with Crippen LogP contribution in [0.1, 0.15) is 24.0 Å². The molecule has 2 fully saturated rings. The Morgan fingerprint density at radius 1 is 1.25 bits per heavy atom. The Hall–Kier alpha value is -1.59. The van der Waals surface area contributed by atoms with Gasteiger partial charge in [-0.25, -0.2) is 0 Å². The van der Waals surface area contributed by atoms with E-state index in [1.807, 2.05) is 7.05 Å². The molecule has 1 N–H and O–H groups in total. The number of nitrogens with one attached hydrogen (secondary N) is 1. The van der Waals surface area contributed by atoms with Crippen molar-refractivity contribution in [2.45, 2.75) is 38.8 Å². The molecular formula is C19H29N3O2. The van der Waals surface area contributed by atoms with Crippen LogP contribution in [0.2, 0.25) is 0 Å². The Balaban J connectivity index is 1.45. The summed E-state index contributed by atoms with van der Waals surface area (Å²) in [6.07, 6.45) is 2.41. The number of nitrogens with zero attached hydrogens (tertiary/aromatic N) is 2. The summed E-state index contributed by atoms with van der Waals surface area (Å²) in [5.74, 6) is 0.0769. The van der Waals surface area contributed by atoms with Crippen molar-refractivity contribution in [3.8, 4) is 0 Å². The fourth-order valence-electron chi connectivity index (χ4n) is 3.58. The predicted octanol–water partition coefficient (Wildman–Crippen LogP) is 1.72. The number of ether oxygens (including phenoxy) is 1. The van der Waals surface area contributed by atoms with Crippen molar-refractivity contribution in [3.63, 3.8) is 0 Å². The molecule has 0 spiro atoms. The lowest BCUT2D eigenvalue weighted by Crippen LogP contribution is -2.51. The van der Waals surface area contributed by atoms with E-state index in [9.17, 15) is 4.79 Å². The van der Waals surface area contributed by atoms with Crippen molar-refractivity contribution in [1.29, 1.82) is 0 Å². The van der Waals surface area contributed by atoms with Gasteiger partial charge in [-0.15, -0.1) is 0 Å². The number of hydrogen-bond acceptors (Lipinski definition) is 4. The highest BCUT2D eigenvalue weighted by molar-refractivity contribution is 5.77. The van der Waals surface area contributed by atoms with E-state index in [-0.39, 0.29) is 18.6 Å². The number of aryl methyl sites for hydroxylation is 1. The van der Waals surface area contributed by atoms with E-state index in [4.69, 9.17) is 4.74 Å². The molecule has 1 aromatic rings. The van der Waals surface area contributed by atoms with Crippen LogP contribution in [0, 0.1) is 13.8 Å². The van der Waals surface area contributed by atoms with Crippen LogP contribution >= 0.6 is 0 Å². The molecule has 0 radical (unpaired) electrons. The van der Waals surface area contributed by atoms with E-state index in [1.54, 1.807) is 4.90 Å². The van der Waals surface area contributed by atoms with Crippen molar-refractivity contribution in [1.82, 2.24) is 10.2 Å². The minimum absolute atomic E-state index is 0.0769. The Labute approximate surface area is 145 Å². The summed E-state index contributed by atoms with van der Waals surface area (Å²) in [5.41, 5.74) is 4.14. The first-order chi connectivity index (χ1) is 11.5. The average molecular weight is 331 g/mol. The van der Waals surface area contributed by atoms with Crippen molar-refractivity contribution >= 4 is 11.6 Å². The molecule has 1 atom stereocenters. The Bertz CT molecular complexity index is 582. The molecule has 132 valence electrons. The van der Waals surface area contributed by atoms with Gasteiger partial charge in [0, 0.05) is 45.0 Å². The molecule has 5 nitrogen and oxygen atoms in total. The molecule has 0 aliphatic carbocycles. The van der Waals surface area contributed by atoms with Gasteiger partial charge in [0.15, 0.2) is 0 Å². The number of carbonyl (C=O) groups is 1. The number of piperidine rings is 1. The van der Waals surface area contributed by atoms with E-state index >= 15 is 0 Å². The Morgan fingerprint density at radius 2 is 2.00 bits per heavy atom. The predicted molar refractivity (Wildman–Crippen MR) is 96.5 cm³/mol. The van der Waals surface area contributed by atoms with E-state index < -0.39 is 0 Å². The molecular weight excluding hydrogens is 302 g/mol. The summed E-state index contributed by atoms with van der Waals surface area (Å²) in [7, 11) is 1.85. The lowest BCUT2D eigenvalue weighted by atomic mass is 10.0. The zero-order valence-electron chi connectivity index (χ0n) is 15.0. The standard InChI is InChI=1S/C19H29N3O2/c1-14-5-4-6-18(15(14)2)22-9-7-16(8-10-22)20-11-17-12-21(3)19(23)13-24-17/h4-6,16-17,20H,7-13H2,1-3H3. The van der Waals surface area contributed by atoms with Gasteiger partial charge in [0.25, 0.3) is 0 Å². The van der Waals surface area contributed by atoms with Crippen molar-refractivity contribution in [2.75, 3.05) is 44.7 Å². The van der Waals surface area contributed by atoms with E-state index in [1.165, 1.54) is 16.8 Å². The first-order valence-corrected chi connectivity index (χ1v) is 8.94. The van der Waals surface area contributed by atoms with Crippen LogP contribution in [0.3, 0.4) is 0 Å². The lowest BCUT2D eigenvalue weighted by Gasteiger charge is -2.36. The van der Waals surface area contributed by atoms with Gasteiger partial charge in [-0.1, -0.05) is 12.1 Å². The van der Waals surface area contributed by atoms with Gasteiger partial charge in [0.05, 0.1) is 6.10 Å². The van der Waals surface area contributed by atoms with Crippen LogP contribution in [0.4, 0.5) is 5.69 Å². The summed E-state index contributed by atoms with van der Waals surface area (Å²) < 4.78 is 5.61. The largest absolute Gasteiger partial charge is 0.371 e. The third-order valence-corrected chi connectivity index (χ3v) is 5.39. The summed E-state index contributed by atoms with van der Waals surface area (Å²) in [4.78, 5) is 15.7. The summed E-state index contributed by atoms with van der Waals surface area (Å²) in [5, 5.41) is 3.64. The van der Waals surface area contributed by atoms with Gasteiger partial charge in [-0.2, -0.15) is 0 Å². The van der Waals surface area contributed by atoms with Crippen LogP contribution in [0.25, 0.3) is 0 Å². The second-order valence-corrected chi connectivity index (χ2v) is 7.10. The minimum Gasteiger partial charge on any atom is -0.371 e. The van der Waals surface area contributed by atoms with Crippen LogP contribution in [0.5, 0.6) is 0 Å². The molecule has 2 aliphatic heterocycles. The van der Waals surface area contributed by atoms with E-state index in [0.29, 0.717) is 12.6 Å². The maximum Gasteiger partial charge on any atom is 0.248 e.